The molecule has 0 radical (unpaired) electrons. The number of hydrogen-bond donors (Lipinski definition) is 1. The first-order chi connectivity index (χ1) is 6.90. The van der Waals surface area contributed by atoms with Crippen LogP contribution in [0.25, 0.3) is 0 Å². The van der Waals surface area contributed by atoms with Crippen LogP contribution in [0.15, 0.2) is 6.07 Å². The molecule has 1 heterocycles. The van der Waals surface area contributed by atoms with E-state index in [0.29, 0.717) is 18.1 Å². The van der Waals surface area contributed by atoms with E-state index >= 15 is 0 Å². The molecule has 15 heavy (non-hydrogen) atoms. The highest BCUT2D eigenvalue weighted by molar-refractivity contribution is 5.35. The van der Waals surface area contributed by atoms with Crippen molar-refractivity contribution in [1.82, 2.24) is 9.97 Å². The summed E-state index contributed by atoms with van der Waals surface area (Å²) < 4.78 is 36.3. The third-order valence-electron chi connectivity index (χ3n) is 1.62. The maximum absolute atomic E-state index is 12.1. The topological polar surface area (TPSA) is 37.8 Å². The van der Waals surface area contributed by atoms with Gasteiger partial charge in [-0.25, -0.2) is 9.97 Å². The third kappa shape index (κ3) is 4.14. The highest BCUT2D eigenvalue weighted by Crippen LogP contribution is 2.20. The molecule has 0 unspecified atom stereocenters. The van der Waals surface area contributed by atoms with Gasteiger partial charge >= 0.3 is 6.18 Å². The molecule has 0 fully saturated rings. The van der Waals surface area contributed by atoms with Gasteiger partial charge in [0.15, 0.2) is 0 Å². The van der Waals surface area contributed by atoms with Crippen LogP contribution in [0.4, 0.5) is 19.0 Å². The molecule has 1 rings (SSSR count). The van der Waals surface area contributed by atoms with Crippen LogP contribution in [0.5, 0.6) is 0 Å². The molecule has 0 aliphatic rings. The first kappa shape index (κ1) is 11.7. The normalized spacial score (nSPS) is 11.5. The number of rotatable bonds is 3. The lowest BCUT2D eigenvalue weighted by molar-refractivity contribution is -0.128. The molecule has 0 spiro atoms. The zero-order valence-electron chi connectivity index (χ0n) is 8.52. The summed E-state index contributed by atoms with van der Waals surface area (Å²) in [5, 5.41) is 2.86. The molecule has 0 aliphatic heterocycles. The van der Waals surface area contributed by atoms with Crippen molar-refractivity contribution >= 4 is 5.82 Å². The molecule has 1 aromatic heterocycles. The van der Waals surface area contributed by atoms with E-state index in [0.717, 1.165) is 0 Å². The van der Waals surface area contributed by atoms with E-state index in [1.54, 1.807) is 13.0 Å². The molecule has 0 saturated carbocycles. The van der Waals surface area contributed by atoms with Crippen molar-refractivity contribution in [2.24, 2.45) is 0 Å². The second-order valence-corrected chi connectivity index (χ2v) is 3.13. The lowest BCUT2D eigenvalue weighted by Crippen LogP contribution is -2.15. The number of nitrogens with one attached hydrogen (secondary N) is 1. The van der Waals surface area contributed by atoms with Gasteiger partial charge in [-0.05, 0) is 13.8 Å². The Morgan fingerprint density at radius 1 is 1.33 bits per heavy atom. The maximum atomic E-state index is 12.1. The molecule has 84 valence electrons. The Labute approximate surface area is 85.7 Å². The quantitative estimate of drug-likeness (QED) is 0.847. The number of nitrogens with zero attached hydrogens (tertiary/aromatic N) is 2. The van der Waals surface area contributed by atoms with Crippen molar-refractivity contribution in [2.75, 3.05) is 11.9 Å². The fourth-order valence-electron chi connectivity index (χ4n) is 1.16. The maximum Gasteiger partial charge on any atom is 0.396 e. The first-order valence-electron chi connectivity index (χ1n) is 4.56. The van der Waals surface area contributed by atoms with E-state index in [1.807, 2.05) is 6.92 Å². The van der Waals surface area contributed by atoms with Gasteiger partial charge in [0, 0.05) is 18.3 Å². The summed E-state index contributed by atoms with van der Waals surface area (Å²) in [6.07, 6.45) is -5.36. The summed E-state index contributed by atoms with van der Waals surface area (Å²) >= 11 is 0. The average Bonchev–Trinajstić information content (AvgIpc) is 1.99. The Morgan fingerprint density at radius 2 is 2.00 bits per heavy atom. The number of alkyl halides is 3. The monoisotopic (exact) mass is 219 g/mol. The second kappa shape index (κ2) is 4.46. The molecule has 0 aliphatic carbocycles. The first-order valence-corrected chi connectivity index (χ1v) is 4.56. The van der Waals surface area contributed by atoms with Gasteiger partial charge < -0.3 is 5.32 Å². The van der Waals surface area contributed by atoms with E-state index < -0.39 is 12.6 Å². The lowest BCUT2D eigenvalue weighted by atomic mass is 10.3. The standard InChI is InChI=1S/C9H12F3N3/c1-3-13-7-4-6(2)14-8(15-7)5-9(10,11)12/h4H,3,5H2,1-2H3,(H,13,14,15). The van der Waals surface area contributed by atoms with Crippen LogP contribution >= 0.6 is 0 Å². The van der Waals surface area contributed by atoms with E-state index in [4.69, 9.17) is 0 Å². The molecule has 0 amide bonds. The van der Waals surface area contributed by atoms with Gasteiger partial charge in [-0.15, -0.1) is 0 Å². The lowest BCUT2D eigenvalue weighted by Gasteiger charge is -2.08. The Hall–Kier alpha value is -1.33. The third-order valence-corrected chi connectivity index (χ3v) is 1.62. The smallest absolute Gasteiger partial charge is 0.370 e. The fraction of sp³-hybridized carbons (Fsp3) is 0.556. The van der Waals surface area contributed by atoms with Crippen molar-refractivity contribution in [2.45, 2.75) is 26.4 Å². The van der Waals surface area contributed by atoms with Gasteiger partial charge in [-0.2, -0.15) is 13.2 Å². The van der Waals surface area contributed by atoms with Gasteiger partial charge in [0.2, 0.25) is 0 Å². The molecule has 3 nitrogen and oxygen atoms in total. The Morgan fingerprint density at radius 3 is 2.53 bits per heavy atom. The van der Waals surface area contributed by atoms with Crippen molar-refractivity contribution in [3.05, 3.63) is 17.6 Å². The zero-order chi connectivity index (χ0) is 11.5. The minimum atomic E-state index is -4.27. The van der Waals surface area contributed by atoms with Crippen molar-refractivity contribution < 1.29 is 13.2 Å². The predicted octanol–water partition coefficient (Wildman–Crippen LogP) is 2.32. The Kier molecular flexibility index (Phi) is 3.49. The second-order valence-electron chi connectivity index (χ2n) is 3.13. The molecule has 1 aromatic rings. The number of halogens is 3. The summed E-state index contributed by atoms with van der Waals surface area (Å²) in [5.41, 5.74) is 0.528. The average molecular weight is 219 g/mol. The van der Waals surface area contributed by atoms with Gasteiger partial charge in [-0.3, -0.25) is 0 Å². The molecule has 0 bridgehead atoms. The van der Waals surface area contributed by atoms with Crippen molar-refractivity contribution in [1.29, 1.82) is 0 Å². The Bertz CT molecular complexity index is 336. The van der Waals surface area contributed by atoms with Gasteiger partial charge in [0.05, 0.1) is 0 Å². The largest absolute Gasteiger partial charge is 0.396 e. The van der Waals surface area contributed by atoms with Crippen LogP contribution in [0, 0.1) is 6.92 Å². The van der Waals surface area contributed by atoms with Crippen LogP contribution in [-0.4, -0.2) is 22.7 Å². The van der Waals surface area contributed by atoms with Gasteiger partial charge in [0.1, 0.15) is 18.1 Å². The summed E-state index contributed by atoms with van der Waals surface area (Å²) in [6.45, 7) is 4.10. The molecule has 0 saturated heterocycles. The number of hydrogen-bond acceptors (Lipinski definition) is 3. The predicted molar refractivity (Wildman–Crippen MR) is 50.7 cm³/mol. The van der Waals surface area contributed by atoms with E-state index in [2.05, 4.69) is 15.3 Å². The Balaban J connectivity index is 2.88. The van der Waals surface area contributed by atoms with Crippen LogP contribution in [0.1, 0.15) is 18.4 Å². The molecular formula is C9H12F3N3. The minimum Gasteiger partial charge on any atom is -0.370 e. The summed E-state index contributed by atoms with van der Waals surface area (Å²) in [4.78, 5) is 7.50. The SMILES string of the molecule is CCNc1cc(C)nc(CC(F)(F)F)n1. The molecule has 1 N–H and O–H groups in total. The van der Waals surface area contributed by atoms with E-state index in [1.165, 1.54) is 0 Å². The number of anilines is 1. The zero-order valence-corrected chi connectivity index (χ0v) is 8.52. The van der Waals surface area contributed by atoms with Crippen LogP contribution in [-0.2, 0) is 6.42 Å². The number of aryl methyl sites for hydroxylation is 1. The minimum absolute atomic E-state index is 0.196. The summed E-state index contributed by atoms with van der Waals surface area (Å²) in [6, 6.07) is 1.61. The van der Waals surface area contributed by atoms with E-state index in [-0.39, 0.29) is 5.82 Å². The summed E-state index contributed by atoms with van der Waals surface area (Å²) in [7, 11) is 0. The summed E-state index contributed by atoms with van der Waals surface area (Å²) in [5.74, 6) is 0.239. The van der Waals surface area contributed by atoms with Crippen molar-refractivity contribution in [3.63, 3.8) is 0 Å². The molecule has 6 heteroatoms. The highest BCUT2D eigenvalue weighted by atomic mass is 19.4. The van der Waals surface area contributed by atoms with E-state index in [9.17, 15) is 13.2 Å². The number of aromatic nitrogens is 2. The van der Waals surface area contributed by atoms with Crippen molar-refractivity contribution in [3.8, 4) is 0 Å². The fourth-order valence-corrected chi connectivity index (χ4v) is 1.16. The highest BCUT2D eigenvalue weighted by Gasteiger charge is 2.29. The van der Waals surface area contributed by atoms with Crippen LogP contribution in [0.2, 0.25) is 0 Å². The van der Waals surface area contributed by atoms with Gasteiger partial charge in [0.25, 0.3) is 0 Å². The van der Waals surface area contributed by atoms with Crippen LogP contribution < -0.4 is 5.32 Å². The van der Waals surface area contributed by atoms with Gasteiger partial charge in [-0.1, -0.05) is 0 Å². The molecule has 0 aromatic carbocycles. The molecule has 0 atom stereocenters. The van der Waals surface area contributed by atoms with Crippen LogP contribution in [0.3, 0.4) is 0 Å². The molecular weight excluding hydrogens is 207 g/mol.